The van der Waals surface area contributed by atoms with Crippen molar-refractivity contribution in [2.24, 2.45) is 0 Å². The fourth-order valence-corrected chi connectivity index (χ4v) is 1.88. The van der Waals surface area contributed by atoms with Crippen LogP contribution in [0.15, 0.2) is 18.2 Å². The molecule has 0 saturated carbocycles. The van der Waals surface area contributed by atoms with Gasteiger partial charge in [-0.15, -0.1) is 0 Å². The molecule has 1 aliphatic carbocycles. The minimum atomic E-state index is -0.452. The minimum Gasteiger partial charge on any atom is -0.0801 e. The fourth-order valence-electron chi connectivity index (χ4n) is 0.812. The molecular formula is C7H11Si. The van der Waals surface area contributed by atoms with Gasteiger partial charge in [-0.05, 0) is 11.6 Å². The average Bonchev–Trinajstić information content (AvgIpc) is 2.12. The van der Waals surface area contributed by atoms with Gasteiger partial charge in [0.25, 0.3) is 0 Å². The van der Waals surface area contributed by atoms with Crippen molar-refractivity contribution in [2.45, 2.75) is 18.6 Å². The van der Waals surface area contributed by atoms with Crippen LogP contribution in [0, 0.1) is 6.08 Å². The molecule has 0 nitrogen and oxygen atoms in total. The van der Waals surface area contributed by atoms with Crippen LogP contribution in [0.5, 0.6) is 0 Å². The van der Waals surface area contributed by atoms with Gasteiger partial charge in [-0.3, -0.25) is 0 Å². The molecule has 0 saturated heterocycles. The second-order valence-corrected chi connectivity index (χ2v) is 5.69. The van der Waals surface area contributed by atoms with Crippen molar-refractivity contribution in [3.63, 3.8) is 0 Å². The van der Waals surface area contributed by atoms with Crippen LogP contribution in [-0.2, 0) is 0 Å². The van der Waals surface area contributed by atoms with Gasteiger partial charge in [-0.1, -0.05) is 31.3 Å². The number of hydrogen-bond donors (Lipinski definition) is 0. The van der Waals surface area contributed by atoms with E-state index in [0.717, 1.165) is 5.54 Å². The molecule has 0 fully saturated rings. The Hall–Kier alpha value is -0.303. The normalized spacial score (nSPS) is 18.9. The Kier molecular flexibility index (Phi) is 1.68. The summed E-state index contributed by atoms with van der Waals surface area (Å²) in [5.41, 5.74) is 0.718. The molecule has 1 atom stereocenters. The Bertz CT molecular complexity index is 110. The number of hydrogen-bond acceptors (Lipinski definition) is 0. The van der Waals surface area contributed by atoms with Crippen LogP contribution in [0.1, 0.15) is 0 Å². The zero-order chi connectivity index (χ0) is 5.98. The zero-order valence-corrected chi connectivity index (χ0v) is 6.54. The predicted molar refractivity (Wildman–Crippen MR) is 39.6 cm³/mol. The Morgan fingerprint density at radius 3 is 2.50 bits per heavy atom. The molecule has 43 valence electrons. The summed E-state index contributed by atoms with van der Waals surface area (Å²) in [5.74, 6) is 0. The molecule has 0 aliphatic heterocycles. The van der Waals surface area contributed by atoms with Gasteiger partial charge in [0, 0.05) is 8.80 Å². The van der Waals surface area contributed by atoms with E-state index in [-0.39, 0.29) is 0 Å². The topological polar surface area (TPSA) is 0 Å². The van der Waals surface area contributed by atoms with Gasteiger partial charge in [0.15, 0.2) is 0 Å². The lowest BCUT2D eigenvalue weighted by Crippen LogP contribution is -2.05. The first-order valence-corrected chi connectivity index (χ1v) is 6.04. The summed E-state index contributed by atoms with van der Waals surface area (Å²) in [6, 6.07) is 0. The maximum Gasteiger partial charge on any atom is 0.0436 e. The first-order valence-electron chi connectivity index (χ1n) is 3.07. The molecule has 8 heavy (non-hydrogen) atoms. The zero-order valence-electron chi connectivity index (χ0n) is 5.39. The summed E-state index contributed by atoms with van der Waals surface area (Å²) in [6.07, 6.45) is 9.65. The maximum atomic E-state index is 3.28. The van der Waals surface area contributed by atoms with E-state index < -0.39 is 8.80 Å². The Morgan fingerprint density at radius 2 is 2.25 bits per heavy atom. The van der Waals surface area contributed by atoms with Gasteiger partial charge < -0.3 is 0 Å². The summed E-state index contributed by atoms with van der Waals surface area (Å²) in [4.78, 5) is 0. The summed E-state index contributed by atoms with van der Waals surface area (Å²) in [6.45, 7) is 4.70. The highest BCUT2D eigenvalue weighted by Gasteiger charge is 2.08. The van der Waals surface area contributed by atoms with E-state index >= 15 is 0 Å². The highest BCUT2D eigenvalue weighted by atomic mass is 28.3. The van der Waals surface area contributed by atoms with E-state index in [1.165, 1.54) is 0 Å². The van der Waals surface area contributed by atoms with Gasteiger partial charge in [-0.25, -0.2) is 0 Å². The van der Waals surface area contributed by atoms with Crippen LogP contribution < -0.4 is 0 Å². The second-order valence-electron chi connectivity index (χ2n) is 2.49. The van der Waals surface area contributed by atoms with Gasteiger partial charge in [0.05, 0.1) is 0 Å². The molecule has 0 N–H and O–H groups in total. The molecule has 0 aromatic heterocycles. The third-order valence-electron chi connectivity index (χ3n) is 1.42. The quantitative estimate of drug-likeness (QED) is 0.466. The van der Waals surface area contributed by atoms with E-state index in [9.17, 15) is 0 Å². The summed E-state index contributed by atoms with van der Waals surface area (Å²) >= 11 is 0. The van der Waals surface area contributed by atoms with Crippen molar-refractivity contribution < 1.29 is 0 Å². The summed E-state index contributed by atoms with van der Waals surface area (Å²) < 4.78 is 0. The maximum absolute atomic E-state index is 3.28. The lowest BCUT2D eigenvalue weighted by molar-refractivity contribution is 1.31. The SMILES string of the molecule is C[SiH](C)C1[C]=CC=C1. The fraction of sp³-hybridized carbons (Fsp3) is 0.429. The van der Waals surface area contributed by atoms with E-state index in [2.05, 4.69) is 31.3 Å². The lowest BCUT2D eigenvalue weighted by atomic mass is 10.5. The van der Waals surface area contributed by atoms with Crippen LogP contribution in [-0.4, -0.2) is 8.80 Å². The predicted octanol–water partition coefficient (Wildman–Crippen LogP) is 1.77. The third-order valence-corrected chi connectivity index (χ3v) is 3.27. The van der Waals surface area contributed by atoms with Gasteiger partial charge in [0.1, 0.15) is 0 Å². The van der Waals surface area contributed by atoms with Crippen molar-refractivity contribution in [2.75, 3.05) is 0 Å². The first-order chi connectivity index (χ1) is 3.80. The van der Waals surface area contributed by atoms with E-state index in [1.54, 1.807) is 0 Å². The summed E-state index contributed by atoms with van der Waals surface area (Å²) in [7, 11) is -0.452. The largest absolute Gasteiger partial charge is 0.0801 e. The second kappa shape index (κ2) is 2.31. The molecule has 1 rings (SSSR count). The van der Waals surface area contributed by atoms with Gasteiger partial charge in [0.2, 0.25) is 0 Å². The molecular weight excluding hydrogens is 112 g/mol. The Morgan fingerprint density at radius 1 is 1.50 bits per heavy atom. The van der Waals surface area contributed by atoms with Crippen LogP contribution in [0.2, 0.25) is 18.6 Å². The van der Waals surface area contributed by atoms with Crippen molar-refractivity contribution in [3.05, 3.63) is 24.3 Å². The molecule has 0 heterocycles. The minimum absolute atomic E-state index is 0.452. The van der Waals surface area contributed by atoms with Crippen LogP contribution in [0.4, 0.5) is 0 Å². The van der Waals surface area contributed by atoms with Crippen molar-refractivity contribution in [1.29, 1.82) is 0 Å². The highest BCUT2D eigenvalue weighted by molar-refractivity contribution is 6.58. The van der Waals surface area contributed by atoms with Crippen LogP contribution >= 0.6 is 0 Å². The Balaban J connectivity index is 2.49. The average molecular weight is 123 g/mol. The van der Waals surface area contributed by atoms with Crippen LogP contribution in [0.25, 0.3) is 0 Å². The van der Waals surface area contributed by atoms with Gasteiger partial charge in [-0.2, -0.15) is 0 Å². The molecule has 1 aliphatic rings. The highest BCUT2D eigenvalue weighted by Crippen LogP contribution is 2.17. The van der Waals surface area contributed by atoms with E-state index in [0.29, 0.717) is 0 Å². The number of rotatable bonds is 1. The molecule has 0 bridgehead atoms. The van der Waals surface area contributed by atoms with Gasteiger partial charge >= 0.3 is 0 Å². The molecule has 0 spiro atoms. The molecule has 0 aromatic rings. The van der Waals surface area contributed by atoms with E-state index in [1.807, 2.05) is 6.08 Å². The molecule has 1 heteroatoms. The standard InChI is InChI=1S/C7H11Si/c1-8(2)7-5-3-4-6-7/h3-5,7-8H,1-2H3. The van der Waals surface area contributed by atoms with Crippen LogP contribution in [0.3, 0.4) is 0 Å². The molecule has 1 unspecified atom stereocenters. The molecule has 0 aromatic carbocycles. The third kappa shape index (κ3) is 1.10. The monoisotopic (exact) mass is 123 g/mol. The van der Waals surface area contributed by atoms with Crippen molar-refractivity contribution in [3.8, 4) is 0 Å². The number of allylic oxidation sites excluding steroid dienone is 4. The van der Waals surface area contributed by atoms with E-state index in [4.69, 9.17) is 0 Å². The summed E-state index contributed by atoms with van der Waals surface area (Å²) in [5, 5.41) is 0. The molecule has 0 amide bonds. The Labute approximate surface area is 52.5 Å². The lowest BCUT2D eigenvalue weighted by Gasteiger charge is -2.04. The van der Waals surface area contributed by atoms with Crippen molar-refractivity contribution in [1.82, 2.24) is 0 Å². The smallest absolute Gasteiger partial charge is 0.0436 e. The van der Waals surface area contributed by atoms with Crippen molar-refractivity contribution >= 4 is 8.80 Å². The first kappa shape index (κ1) is 5.83. The molecule has 1 radical (unpaired) electrons.